The molecule has 2 aromatic rings. The van der Waals surface area contributed by atoms with Crippen LogP contribution in [0.25, 0.3) is 9.88 Å². The maximum absolute atomic E-state index is 4.76. The van der Waals surface area contributed by atoms with E-state index >= 15 is 0 Å². The van der Waals surface area contributed by atoms with E-state index in [1.165, 1.54) is 0 Å². The lowest BCUT2D eigenvalue weighted by atomic mass is 10.1. The van der Waals surface area contributed by atoms with E-state index in [0.717, 1.165) is 32.3 Å². The molecule has 0 unspecified atom stereocenters. The van der Waals surface area contributed by atoms with Crippen LogP contribution in [0.1, 0.15) is 30.5 Å². The highest BCUT2D eigenvalue weighted by atomic mass is 32.1. The van der Waals surface area contributed by atoms with Crippen molar-refractivity contribution in [3.05, 3.63) is 10.7 Å². The molecule has 0 spiro atoms. The lowest BCUT2D eigenvalue weighted by Gasteiger charge is -2.05. The Morgan fingerprint density at radius 3 is 2.47 bits per heavy atom. The van der Waals surface area contributed by atoms with Crippen molar-refractivity contribution in [2.24, 2.45) is 0 Å². The summed E-state index contributed by atoms with van der Waals surface area (Å²) in [4.78, 5) is 8.05. The van der Waals surface area contributed by atoms with E-state index in [1.54, 1.807) is 22.7 Å². The first kappa shape index (κ1) is 14.4. The van der Waals surface area contributed by atoms with Crippen LogP contribution in [0.15, 0.2) is 0 Å². The molecule has 7 heteroatoms. The fourth-order valence-corrected chi connectivity index (χ4v) is 3.79. The summed E-state index contributed by atoms with van der Waals surface area (Å²) in [5.41, 5.74) is 1.13. The Balaban J connectivity index is 2.39. The summed E-state index contributed by atoms with van der Waals surface area (Å²) < 4.78 is 0. The van der Waals surface area contributed by atoms with Gasteiger partial charge >= 0.3 is 0 Å². The summed E-state index contributed by atoms with van der Waals surface area (Å²) in [6, 6.07) is 0. The zero-order valence-electron chi connectivity index (χ0n) is 11.9. The van der Waals surface area contributed by atoms with Gasteiger partial charge in [-0.25, -0.2) is 4.98 Å². The van der Waals surface area contributed by atoms with Crippen LogP contribution in [0.5, 0.6) is 0 Å². The van der Waals surface area contributed by atoms with E-state index < -0.39 is 0 Å². The number of hydrogen-bond donors (Lipinski definition) is 1. The molecule has 0 amide bonds. The molecule has 1 N–H and O–H groups in total. The Morgan fingerprint density at radius 2 is 1.95 bits per heavy atom. The van der Waals surface area contributed by atoms with Gasteiger partial charge in [-0.15, -0.1) is 21.5 Å². The molecule has 0 aliphatic carbocycles. The van der Waals surface area contributed by atoms with Crippen molar-refractivity contribution in [3.63, 3.8) is 0 Å². The fourth-order valence-electron chi connectivity index (χ4n) is 1.68. The monoisotopic (exact) mass is 297 g/mol. The van der Waals surface area contributed by atoms with Gasteiger partial charge < -0.3 is 10.2 Å². The highest BCUT2D eigenvalue weighted by Gasteiger charge is 2.19. The molecule has 104 valence electrons. The predicted octanol–water partition coefficient (Wildman–Crippen LogP) is 2.89. The van der Waals surface area contributed by atoms with Gasteiger partial charge in [0.2, 0.25) is 5.13 Å². The van der Waals surface area contributed by atoms with Gasteiger partial charge in [-0.05, 0) is 20.0 Å². The molecule has 0 aliphatic rings. The highest BCUT2D eigenvalue weighted by Crippen LogP contribution is 2.37. The Bertz CT molecular complexity index is 544. The van der Waals surface area contributed by atoms with Gasteiger partial charge in [-0.2, -0.15) is 0 Å². The third-order valence-corrected chi connectivity index (χ3v) is 4.68. The standard InChI is InChI=1S/C12H19N5S2/c1-7(2)9-10(11-15-16-12(13-3)19-11)18-8(14-9)6-17(4)5/h7H,6H2,1-5H3,(H,13,16). The zero-order valence-corrected chi connectivity index (χ0v) is 13.5. The molecule has 5 nitrogen and oxygen atoms in total. The number of thiazole rings is 1. The average molecular weight is 297 g/mol. The summed E-state index contributed by atoms with van der Waals surface area (Å²) in [7, 11) is 5.97. The Hall–Kier alpha value is -1.05. The zero-order chi connectivity index (χ0) is 14.0. The predicted molar refractivity (Wildman–Crippen MR) is 82.0 cm³/mol. The molecule has 0 atom stereocenters. The number of rotatable bonds is 5. The van der Waals surface area contributed by atoms with Crippen LogP contribution < -0.4 is 5.32 Å². The molecule has 0 bridgehead atoms. The Labute approximate surface area is 121 Å². The van der Waals surface area contributed by atoms with Gasteiger partial charge in [0.05, 0.1) is 10.6 Å². The van der Waals surface area contributed by atoms with E-state index in [1.807, 2.05) is 7.05 Å². The van der Waals surface area contributed by atoms with E-state index in [9.17, 15) is 0 Å². The third-order valence-electron chi connectivity index (χ3n) is 2.53. The number of anilines is 1. The minimum atomic E-state index is 0.393. The lowest BCUT2D eigenvalue weighted by molar-refractivity contribution is 0.401. The number of aromatic nitrogens is 3. The van der Waals surface area contributed by atoms with Gasteiger partial charge in [0.25, 0.3) is 0 Å². The first-order chi connectivity index (χ1) is 9.01. The van der Waals surface area contributed by atoms with Gasteiger partial charge in [-0.1, -0.05) is 25.2 Å². The van der Waals surface area contributed by atoms with E-state index in [-0.39, 0.29) is 0 Å². The van der Waals surface area contributed by atoms with Crippen LogP contribution in [0, 0.1) is 0 Å². The molecule has 0 aliphatic heterocycles. The van der Waals surface area contributed by atoms with E-state index in [0.29, 0.717) is 5.92 Å². The maximum Gasteiger partial charge on any atom is 0.205 e. The van der Waals surface area contributed by atoms with Gasteiger partial charge in [0.15, 0.2) is 5.01 Å². The molecule has 0 radical (unpaired) electrons. The van der Waals surface area contributed by atoms with Crippen molar-refractivity contribution in [2.45, 2.75) is 26.3 Å². The van der Waals surface area contributed by atoms with Gasteiger partial charge in [0, 0.05) is 13.6 Å². The molecule has 2 heterocycles. The SMILES string of the molecule is CNc1nnc(-c2sc(CN(C)C)nc2C(C)C)s1. The van der Waals surface area contributed by atoms with Crippen LogP contribution in [0.3, 0.4) is 0 Å². The van der Waals surface area contributed by atoms with E-state index in [4.69, 9.17) is 4.98 Å². The summed E-state index contributed by atoms with van der Waals surface area (Å²) in [6.07, 6.45) is 0. The molecule has 0 aromatic carbocycles. The average Bonchev–Trinajstić information content (AvgIpc) is 2.93. The third kappa shape index (κ3) is 3.29. The second-order valence-corrected chi connectivity index (χ2v) is 6.94. The minimum absolute atomic E-state index is 0.393. The first-order valence-electron chi connectivity index (χ1n) is 6.17. The summed E-state index contributed by atoms with van der Waals surface area (Å²) in [5, 5.41) is 14.3. The van der Waals surface area contributed by atoms with Crippen LogP contribution in [0.2, 0.25) is 0 Å². The minimum Gasteiger partial charge on any atom is -0.363 e. The number of hydrogen-bond acceptors (Lipinski definition) is 7. The molecular formula is C12H19N5S2. The Morgan fingerprint density at radius 1 is 1.21 bits per heavy atom. The second-order valence-electron chi connectivity index (χ2n) is 4.88. The number of nitrogens with one attached hydrogen (secondary N) is 1. The van der Waals surface area contributed by atoms with Crippen LogP contribution in [-0.2, 0) is 6.54 Å². The van der Waals surface area contributed by atoms with Crippen molar-refractivity contribution >= 4 is 27.8 Å². The largest absolute Gasteiger partial charge is 0.363 e. The quantitative estimate of drug-likeness (QED) is 0.919. The summed E-state index contributed by atoms with van der Waals surface area (Å²) in [6.45, 7) is 5.19. The van der Waals surface area contributed by atoms with E-state index in [2.05, 4.69) is 48.4 Å². The molecule has 2 rings (SSSR count). The Kier molecular flexibility index (Phi) is 4.49. The molecule has 0 fully saturated rings. The first-order valence-corrected chi connectivity index (χ1v) is 7.80. The van der Waals surface area contributed by atoms with Gasteiger partial charge in [0.1, 0.15) is 5.01 Å². The normalized spacial score (nSPS) is 11.5. The fraction of sp³-hybridized carbons (Fsp3) is 0.583. The molecule has 19 heavy (non-hydrogen) atoms. The van der Waals surface area contributed by atoms with Gasteiger partial charge in [-0.3, -0.25) is 0 Å². The van der Waals surface area contributed by atoms with Crippen molar-refractivity contribution in [1.29, 1.82) is 0 Å². The smallest absolute Gasteiger partial charge is 0.205 e. The molecular weight excluding hydrogens is 278 g/mol. The summed E-state index contributed by atoms with van der Waals surface area (Å²) in [5.74, 6) is 0.393. The van der Waals surface area contributed by atoms with Crippen LogP contribution in [0.4, 0.5) is 5.13 Å². The topological polar surface area (TPSA) is 53.9 Å². The maximum atomic E-state index is 4.76. The number of nitrogens with zero attached hydrogens (tertiary/aromatic N) is 4. The van der Waals surface area contributed by atoms with Crippen molar-refractivity contribution in [2.75, 3.05) is 26.5 Å². The molecule has 2 aromatic heterocycles. The van der Waals surface area contributed by atoms with Crippen molar-refractivity contribution in [1.82, 2.24) is 20.1 Å². The lowest BCUT2D eigenvalue weighted by Crippen LogP contribution is -2.10. The van der Waals surface area contributed by atoms with Crippen molar-refractivity contribution in [3.8, 4) is 9.88 Å². The van der Waals surface area contributed by atoms with Crippen LogP contribution in [-0.4, -0.2) is 41.2 Å². The van der Waals surface area contributed by atoms with Crippen LogP contribution >= 0.6 is 22.7 Å². The molecule has 0 saturated carbocycles. The second kappa shape index (κ2) is 5.94. The molecule has 0 saturated heterocycles. The summed E-state index contributed by atoms with van der Waals surface area (Å²) >= 11 is 3.29. The highest BCUT2D eigenvalue weighted by molar-refractivity contribution is 7.23. The van der Waals surface area contributed by atoms with Crippen molar-refractivity contribution < 1.29 is 0 Å².